The van der Waals surface area contributed by atoms with Gasteiger partial charge in [0.25, 0.3) is 5.91 Å². The van der Waals surface area contributed by atoms with Gasteiger partial charge in [0.15, 0.2) is 5.82 Å². The Bertz CT molecular complexity index is 1190. The molecule has 0 saturated heterocycles. The van der Waals surface area contributed by atoms with Gasteiger partial charge >= 0.3 is 5.97 Å². The number of fused-ring (bicyclic) bond motifs is 1. The number of carbonyl (C=O) groups excluding carboxylic acids is 2. The summed E-state index contributed by atoms with van der Waals surface area (Å²) in [5, 5.41) is 2.85. The van der Waals surface area contributed by atoms with Gasteiger partial charge in [0.1, 0.15) is 0 Å². The van der Waals surface area contributed by atoms with Crippen molar-refractivity contribution in [2.24, 2.45) is 0 Å². The van der Waals surface area contributed by atoms with Crippen molar-refractivity contribution in [3.63, 3.8) is 0 Å². The van der Waals surface area contributed by atoms with E-state index in [1.807, 2.05) is 24.3 Å². The molecule has 0 unspecified atom stereocenters. The van der Waals surface area contributed by atoms with Gasteiger partial charge in [-0.3, -0.25) is 4.79 Å². The molecule has 1 amide bonds. The Labute approximate surface area is 171 Å². The molecule has 1 N–H and O–H groups in total. The minimum absolute atomic E-state index is 0.203. The van der Waals surface area contributed by atoms with Gasteiger partial charge in [-0.2, -0.15) is 0 Å². The van der Waals surface area contributed by atoms with Gasteiger partial charge in [-0.1, -0.05) is 12.1 Å². The maximum Gasteiger partial charge on any atom is 0.337 e. The number of rotatable bonds is 5. The number of imidazole rings is 1. The van der Waals surface area contributed by atoms with Crippen LogP contribution in [0.1, 0.15) is 27.0 Å². The molecule has 2 heterocycles. The van der Waals surface area contributed by atoms with Gasteiger partial charge in [-0.05, 0) is 55.5 Å². The van der Waals surface area contributed by atoms with Gasteiger partial charge < -0.3 is 14.6 Å². The van der Waals surface area contributed by atoms with E-state index in [1.54, 1.807) is 30.3 Å². The fourth-order valence-corrected chi connectivity index (χ4v) is 4.06. The van der Waals surface area contributed by atoms with Crippen LogP contribution < -0.4 is 5.32 Å². The molecule has 0 radical (unpaired) electrons. The third-order valence-corrected chi connectivity index (χ3v) is 5.66. The molecule has 0 aliphatic carbocycles. The number of methoxy groups -OCH3 is 1. The standard InChI is InChI=1S/C22H19N3O3S/c1-3-25-17-7-5-4-6-16(17)24-20(25)18-12-13-19(29-18)21(26)23-15-10-8-14(9-11-15)22(27)28-2/h4-13H,3H2,1-2H3,(H,23,26). The van der Waals surface area contributed by atoms with Gasteiger partial charge in [0, 0.05) is 12.2 Å². The predicted octanol–water partition coefficient (Wildman–Crippen LogP) is 4.82. The summed E-state index contributed by atoms with van der Waals surface area (Å²) in [6.07, 6.45) is 0. The molecular formula is C22H19N3O3S. The first-order chi connectivity index (χ1) is 14.1. The van der Waals surface area contributed by atoms with Crippen molar-refractivity contribution in [3.8, 4) is 10.7 Å². The number of esters is 1. The number of anilines is 1. The third-order valence-electron chi connectivity index (χ3n) is 4.58. The quantitative estimate of drug-likeness (QED) is 0.483. The van der Waals surface area contributed by atoms with Crippen LogP contribution in [0.5, 0.6) is 0 Å². The molecule has 6 nitrogen and oxygen atoms in total. The Morgan fingerprint density at radius 2 is 1.83 bits per heavy atom. The van der Waals surface area contributed by atoms with Crippen molar-refractivity contribution >= 4 is 39.9 Å². The topological polar surface area (TPSA) is 73.2 Å². The fourth-order valence-electron chi connectivity index (χ4n) is 3.16. The smallest absolute Gasteiger partial charge is 0.337 e. The summed E-state index contributed by atoms with van der Waals surface area (Å²) >= 11 is 1.40. The van der Waals surface area contributed by atoms with Crippen molar-refractivity contribution in [2.45, 2.75) is 13.5 Å². The van der Waals surface area contributed by atoms with Crippen LogP contribution >= 0.6 is 11.3 Å². The summed E-state index contributed by atoms with van der Waals surface area (Å²) in [6, 6.07) is 18.3. The van der Waals surface area contributed by atoms with Crippen LogP contribution in [0.25, 0.3) is 21.7 Å². The Hall–Kier alpha value is -3.45. The van der Waals surface area contributed by atoms with Gasteiger partial charge in [-0.25, -0.2) is 9.78 Å². The number of carbonyl (C=O) groups is 2. The molecule has 0 bridgehead atoms. The highest BCUT2D eigenvalue weighted by Crippen LogP contribution is 2.31. The highest BCUT2D eigenvalue weighted by molar-refractivity contribution is 7.17. The second-order valence-electron chi connectivity index (χ2n) is 6.36. The zero-order valence-corrected chi connectivity index (χ0v) is 16.8. The largest absolute Gasteiger partial charge is 0.465 e. The lowest BCUT2D eigenvalue weighted by atomic mass is 10.2. The number of thiophene rings is 1. The van der Waals surface area contributed by atoms with E-state index in [0.717, 1.165) is 28.3 Å². The summed E-state index contributed by atoms with van der Waals surface area (Å²) < 4.78 is 6.83. The zero-order chi connectivity index (χ0) is 20.4. The van der Waals surface area contributed by atoms with Crippen molar-refractivity contribution in [3.05, 3.63) is 71.1 Å². The number of para-hydroxylation sites is 2. The number of ether oxygens (including phenoxy) is 1. The number of aromatic nitrogens is 2. The van der Waals surface area contributed by atoms with E-state index in [9.17, 15) is 9.59 Å². The molecule has 0 spiro atoms. The minimum atomic E-state index is -0.412. The molecule has 0 saturated carbocycles. The molecule has 0 atom stereocenters. The number of aryl methyl sites for hydroxylation is 1. The van der Waals surface area contributed by atoms with E-state index in [4.69, 9.17) is 4.98 Å². The average molecular weight is 405 g/mol. The zero-order valence-electron chi connectivity index (χ0n) is 16.0. The first-order valence-corrected chi connectivity index (χ1v) is 9.97. The summed E-state index contributed by atoms with van der Waals surface area (Å²) in [4.78, 5) is 30.4. The maximum atomic E-state index is 12.6. The predicted molar refractivity (Wildman–Crippen MR) is 114 cm³/mol. The van der Waals surface area contributed by atoms with Gasteiger partial charge in [-0.15, -0.1) is 11.3 Å². The molecule has 0 fully saturated rings. The summed E-state index contributed by atoms with van der Waals surface area (Å²) in [5.74, 6) is 0.246. The SMILES string of the molecule is CCn1c(-c2ccc(C(=O)Nc3ccc(C(=O)OC)cc3)s2)nc2ccccc21. The minimum Gasteiger partial charge on any atom is -0.465 e. The van der Waals surface area contributed by atoms with E-state index < -0.39 is 5.97 Å². The third kappa shape index (κ3) is 3.64. The second kappa shape index (κ2) is 7.89. The van der Waals surface area contributed by atoms with Crippen LogP contribution in [0.4, 0.5) is 5.69 Å². The molecule has 146 valence electrons. The van der Waals surface area contributed by atoms with Crippen LogP contribution in [-0.4, -0.2) is 28.5 Å². The second-order valence-corrected chi connectivity index (χ2v) is 7.44. The fraction of sp³-hybridized carbons (Fsp3) is 0.136. The van der Waals surface area contributed by atoms with Gasteiger partial charge in [0.05, 0.1) is 33.5 Å². The molecule has 0 aliphatic heterocycles. The van der Waals surface area contributed by atoms with Crippen LogP contribution in [0.15, 0.2) is 60.7 Å². The Morgan fingerprint density at radius 1 is 1.07 bits per heavy atom. The number of amides is 1. The first-order valence-electron chi connectivity index (χ1n) is 9.16. The van der Waals surface area contributed by atoms with Crippen molar-refractivity contribution in [1.82, 2.24) is 9.55 Å². The monoisotopic (exact) mass is 405 g/mol. The molecule has 0 aliphatic rings. The Balaban J connectivity index is 1.56. The molecule has 4 aromatic rings. The van der Waals surface area contributed by atoms with E-state index in [-0.39, 0.29) is 5.91 Å². The average Bonchev–Trinajstić information content (AvgIpc) is 3.38. The number of nitrogens with one attached hydrogen (secondary N) is 1. The van der Waals surface area contributed by atoms with E-state index in [0.29, 0.717) is 16.1 Å². The number of nitrogens with zero attached hydrogens (tertiary/aromatic N) is 2. The molecule has 29 heavy (non-hydrogen) atoms. The van der Waals surface area contributed by atoms with E-state index in [2.05, 4.69) is 27.6 Å². The highest BCUT2D eigenvalue weighted by Gasteiger charge is 2.16. The van der Waals surface area contributed by atoms with Gasteiger partial charge in [0.2, 0.25) is 0 Å². The van der Waals surface area contributed by atoms with E-state index in [1.165, 1.54) is 18.4 Å². The lowest BCUT2D eigenvalue weighted by molar-refractivity contribution is 0.0600. The number of benzene rings is 2. The summed E-state index contributed by atoms with van der Waals surface area (Å²) in [6.45, 7) is 2.87. The van der Waals surface area contributed by atoms with Crippen LogP contribution in [0.3, 0.4) is 0 Å². The maximum absolute atomic E-state index is 12.6. The van der Waals surface area contributed by atoms with Crippen molar-refractivity contribution < 1.29 is 14.3 Å². The van der Waals surface area contributed by atoms with Crippen LogP contribution in [0.2, 0.25) is 0 Å². The molecule has 2 aromatic carbocycles. The molecule has 4 rings (SSSR count). The number of hydrogen-bond donors (Lipinski definition) is 1. The normalized spacial score (nSPS) is 10.8. The molecule has 7 heteroatoms. The lowest BCUT2D eigenvalue weighted by Gasteiger charge is -2.05. The molecule has 2 aromatic heterocycles. The first kappa shape index (κ1) is 18.9. The highest BCUT2D eigenvalue weighted by atomic mass is 32.1. The number of hydrogen-bond acceptors (Lipinski definition) is 5. The van der Waals surface area contributed by atoms with Crippen molar-refractivity contribution in [1.29, 1.82) is 0 Å². The Kier molecular flexibility index (Phi) is 5.14. The van der Waals surface area contributed by atoms with Crippen LogP contribution in [0, 0.1) is 0 Å². The van der Waals surface area contributed by atoms with Crippen molar-refractivity contribution in [2.75, 3.05) is 12.4 Å². The summed E-state index contributed by atoms with van der Waals surface area (Å²) in [7, 11) is 1.33. The lowest BCUT2D eigenvalue weighted by Crippen LogP contribution is -2.10. The Morgan fingerprint density at radius 3 is 2.55 bits per heavy atom. The van der Waals surface area contributed by atoms with Crippen LogP contribution in [-0.2, 0) is 11.3 Å². The summed E-state index contributed by atoms with van der Waals surface area (Å²) in [5.41, 5.74) is 3.06. The molecular weight excluding hydrogens is 386 g/mol. The van der Waals surface area contributed by atoms with E-state index >= 15 is 0 Å².